The van der Waals surface area contributed by atoms with Crippen molar-refractivity contribution in [3.05, 3.63) is 64.7 Å². The minimum Gasteiger partial charge on any atom is -0.484 e. The number of ether oxygens (including phenoxy) is 1. The Labute approximate surface area is 146 Å². The van der Waals surface area contributed by atoms with Gasteiger partial charge in [0, 0.05) is 0 Å². The quantitative estimate of drug-likeness (QED) is 0.572. The molecular formula is C20H19NO2S. The summed E-state index contributed by atoms with van der Waals surface area (Å²) in [4.78, 5) is 1.03. The van der Waals surface area contributed by atoms with Gasteiger partial charge >= 0.3 is 0 Å². The molecule has 1 aliphatic carbocycles. The van der Waals surface area contributed by atoms with Crippen molar-refractivity contribution in [3.8, 4) is 5.75 Å². The number of rotatable bonds is 3. The van der Waals surface area contributed by atoms with Crippen LogP contribution in [0.1, 0.15) is 35.6 Å². The molecule has 1 atom stereocenters. The van der Waals surface area contributed by atoms with Gasteiger partial charge in [0.05, 0.1) is 10.5 Å². The van der Waals surface area contributed by atoms with Gasteiger partial charge in [-0.25, -0.2) is 0 Å². The van der Waals surface area contributed by atoms with Crippen LogP contribution in [-0.2, 0) is 10.7 Å². The summed E-state index contributed by atoms with van der Waals surface area (Å²) in [6.45, 7) is 4.08. The van der Waals surface area contributed by atoms with Gasteiger partial charge in [-0.3, -0.25) is 0 Å². The number of oxime groups is 1. The van der Waals surface area contributed by atoms with Crippen LogP contribution in [0.2, 0.25) is 0 Å². The van der Waals surface area contributed by atoms with Gasteiger partial charge in [-0.1, -0.05) is 41.1 Å². The molecule has 0 aromatic heterocycles. The first-order valence-corrected chi connectivity index (χ1v) is 8.94. The molecule has 122 valence electrons. The van der Waals surface area contributed by atoms with Gasteiger partial charge in [0.1, 0.15) is 29.6 Å². The molecule has 2 aromatic rings. The zero-order valence-electron chi connectivity index (χ0n) is 13.8. The number of aryl methyl sites for hydroxylation is 2. The van der Waals surface area contributed by atoms with Crippen molar-refractivity contribution in [2.24, 2.45) is 5.16 Å². The van der Waals surface area contributed by atoms with Crippen molar-refractivity contribution in [3.63, 3.8) is 0 Å². The summed E-state index contributed by atoms with van der Waals surface area (Å²) in [6.07, 6.45) is 6.46. The molecule has 0 saturated carbocycles. The Morgan fingerprint density at radius 1 is 1.17 bits per heavy atom. The van der Waals surface area contributed by atoms with Crippen molar-refractivity contribution in [1.82, 2.24) is 0 Å². The largest absolute Gasteiger partial charge is 0.484 e. The monoisotopic (exact) mass is 337 g/mol. The molecule has 1 unspecified atom stereocenters. The second-order valence-electron chi connectivity index (χ2n) is 6.16. The highest BCUT2D eigenvalue weighted by Gasteiger charge is 2.31. The second kappa shape index (κ2) is 6.36. The molecule has 0 amide bonds. The summed E-state index contributed by atoms with van der Waals surface area (Å²) >= 11 is 1.27. The van der Waals surface area contributed by atoms with Crippen LogP contribution in [0.4, 0.5) is 0 Å². The smallest absolute Gasteiger partial charge is 0.142 e. The predicted octanol–water partition coefficient (Wildman–Crippen LogP) is 5.16. The molecule has 2 aromatic carbocycles. The van der Waals surface area contributed by atoms with E-state index in [2.05, 4.69) is 48.5 Å². The molecule has 0 fully saturated rings. The lowest BCUT2D eigenvalue weighted by Gasteiger charge is -2.13. The van der Waals surface area contributed by atoms with E-state index in [1.54, 1.807) is 0 Å². The van der Waals surface area contributed by atoms with Crippen LogP contribution in [0.25, 0.3) is 6.08 Å². The maximum absolute atomic E-state index is 5.95. The third kappa shape index (κ3) is 2.82. The van der Waals surface area contributed by atoms with Gasteiger partial charge < -0.3 is 9.02 Å². The Morgan fingerprint density at radius 2 is 2.00 bits per heavy atom. The molecule has 0 radical (unpaired) electrons. The Bertz CT molecular complexity index is 824. The van der Waals surface area contributed by atoms with Crippen LogP contribution >= 0.6 is 12.0 Å². The minimum atomic E-state index is -0.0968. The number of nitrogens with zero attached hydrogens (tertiary/aromatic N) is 1. The standard InChI is InChI=1S/C20H19NO2S/c1-13-7-10-16(11-8-13)24-23-21-20-14(2)22-18-12-9-15-5-3-4-6-17(15)19(18)20/h4,6-12,14H,3,5H2,1-2H3/b21-20+. The maximum atomic E-state index is 5.95. The SMILES string of the molecule is Cc1ccc(SO/N=C2/c3c(ccc4c3C=CCC4)OC2C)cc1. The fourth-order valence-corrected chi connectivity index (χ4v) is 3.57. The number of allylic oxidation sites excluding steroid dienone is 1. The normalized spacial score (nSPS) is 19.8. The Hall–Kier alpha value is -2.20. The average molecular weight is 337 g/mol. The first kappa shape index (κ1) is 15.3. The lowest BCUT2D eigenvalue weighted by molar-refractivity contribution is 0.297. The van der Waals surface area contributed by atoms with E-state index in [1.807, 2.05) is 19.1 Å². The molecule has 4 heteroatoms. The average Bonchev–Trinajstić information content (AvgIpc) is 2.93. The lowest BCUT2D eigenvalue weighted by Crippen LogP contribution is -2.17. The van der Waals surface area contributed by atoms with Crippen molar-refractivity contribution in [1.29, 1.82) is 0 Å². The van der Waals surface area contributed by atoms with Crippen molar-refractivity contribution < 1.29 is 9.02 Å². The van der Waals surface area contributed by atoms with E-state index in [-0.39, 0.29) is 6.10 Å². The fourth-order valence-electron chi connectivity index (χ4n) is 3.12. The molecular weight excluding hydrogens is 318 g/mol. The molecule has 0 spiro atoms. The van der Waals surface area contributed by atoms with Gasteiger partial charge in [0.15, 0.2) is 0 Å². The van der Waals surface area contributed by atoms with E-state index < -0.39 is 0 Å². The second-order valence-corrected chi connectivity index (χ2v) is 6.95. The molecule has 24 heavy (non-hydrogen) atoms. The summed E-state index contributed by atoms with van der Waals surface area (Å²) in [5.41, 5.74) is 5.77. The highest BCUT2D eigenvalue weighted by atomic mass is 32.2. The molecule has 0 saturated heterocycles. The molecule has 0 N–H and O–H groups in total. The fraction of sp³-hybridized carbons (Fsp3) is 0.250. The third-order valence-electron chi connectivity index (χ3n) is 4.40. The van der Waals surface area contributed by atoms with E-state index in [1.165, 1.54) is 28.7 Å². The van der Waals surface area contributed by atoms with E-state index >= 15 is 0 Å². The van der Waals surface area contributed by atoms with E-state index in [9.17, 15) is 0 Å². The van der Waals surface area contributed by atoms with Crippen molar-refractivity contribution in [2.45, 2.75) is 37.7 Å². The van der Waals surface area contributed by atoms with Gasteiger partial charge in [-0.05, 0) is 56.0 Å². The van der Waals surface area contributed by atoms with Crippen LogP contribution in [0.5, 0.6) is 5.75 Å². The molecule has 1 aliphatic heterocycles. The highest BCUT2D eigenvalue weighted by Crippen LogP contribution is 2.37. The van der Waals surface area contributed by atoms with E-state index in [4.69, 9.17) is 9.02 Å². The number of hydrogen-bond acceptors (Lipinski definition) is 4. The highest BCUT2D eigenvalue weighted by molar-refractivity contribution is 7.94. The lowest BCUT2D eigenvalue weighted by atomic mass is 9.91. The van der Waals surface area contributed by atoms with E-state index in [0.717, 1.165) is 34.8 Å². The number of hydrogen-bond donors (Lipinski definition) is 0. The molecule has 4 rings (SSSR count). The van der Waals surface area contributed by atoms with Crippen LogP contribution in [0.15, 0.2) is 52.5 Å². The number of fused-ring (bicyclic) bond motifs is 3. The summed E-state index contributed by atoms with van der Waals surface area (Å²) in [6, 6.07) is 12.4. The summed E-state index contributed by atoms with van der Waals surface area (Å²) < 4.78 is 11.5. The van der Waals surface area contributed by atoms with Gasteiger partial charge in [-0.15, -0.1) is 0 Å². The van der Waals surface area contributed by atoms with Crippen LogP contribution in [0, 0.1) is 6.92 Å². The minimum absolute atomic E-state index is 0.0968. The van der Waals surface area contributed by atoms with Gasteiger partial charge in [-0.2, -0.15) is 0 Å². The van der Waals surface area contributed by atoms with Crippen molar-refractivity contribution >= 4 is 23.8 Å². The van der Waals surface area contributed by atoms with Crippen LogP contribution < -0.4 is 4.74 Å². The number of benzene rings is 2. The van der Waals surface area contributed by atoms with Gasteiger partial charge in [0.2, 0.25) is 0 Å². The Kier molecular flexibility index (Phi) is 4.07. The van der Waals surface area contributed by atoms with Gasteiger partial charge in [0.25, 0.3) is 0 Å². The van der Waals surface area contributed by atoms with Crippen LogP contribution in [-0.4, -0.2) is 11.8 Å². The Balaban J connectivity index is 1.60. The third-order valence-corrected chi connectivity index (χ3v) is 5.01. The first-order chi connectivity index (χ1) is 11.7. The molecule has 1 heterocycles. The van der Waals surface area contributed by atoms with E-state index in [0.29, 0.717) is 0 Å². The topological polar surface area (TPSA) is 30.8 Å². The zero-order valence-corrected chi connectivity index (χ0v) is 14.6. The van der Waals surface area contributed by atoms with Crippen LogP contribution in [0.3, 0.4) is 0 Å². The zero-order chi connectivity index (χ0) is 16.5. The summed E-state index contributed by atoms with van der Waals surface area (Å²) in [5.74, 6) is 0.899. The summed E-state index contributed by atoms with van der Waals surface area (Å²) in [5, 5.41) is 4.39. The maximum Gasteiger partial charge on any atom is 0.142 e. The Morgan fingerprint density at radius 3 is 2.83 bits per heavy atom. The van der Waals surface area contributed by atoms with Crippen molar-refractivity contribution in [2.75, 3.05) is 0 Å². The molecule has 2 aliphatic rings. The molecule has 3 nitrogen and oxygen atoms in total. The predicted molar refractivity (Wildman–Crippen MR) is 98.5 cm³/mol. The molecule has 0 bridgehead atoms. The summed E-state index contributed by atoms with van der Waals surface area (Å²) in [7, 11) is 0. The first-order valence-electron chi connectivity index (χ1n) is 8.20.